The van der Waals surface area contributed by atoms with Gasteiger partial charge in [-0.05, 0) is 51.3 Å². The Morgan fingerprint density at radius 3 is 2.21 bits per heavy atom. The van der Waals surface area contributed by atoms with Crippen LogP contribution in [0.1, 0.15) is 45.1 Å². The van der Waals surface area contributed by atoms with Crippen LogP contribution in [0.4, 0.5) is 0 Å². The zero-order valence-corrected chi connectivity index (χ0v) is 21.6. The summed E-state index contributed by atoms with van der Waals surface area (Å²) in [6, 6.07) is 3.50. The van der Waals surface area contributed by atoms with E-state index in [1.54, 1.807) is 6.20 Å². The second-order valence-corrected chi connectivity index (χ2v) is 9.73. The van der Waals surface area contributed by atoms with E-state index in [2.05, 4.69) is 20.9 Å². The summed E-state index contributed by atoms with van der Waals surface area (Å²) in [5.41, 5.74) is 16.7. The second-order valence-electron chi connectivity index (χ2n) is 9.73. The van der Waals surface area contributed by atoms with Crippen molar-refractivity contribution in [3.05, 3.63) is 36.0 Å². The molecule has 0 aliphatic heterocycles. The molecule has 0 bridgehead atoms. The van der Waals surface area contributed by atoms with E-state index >= 15 is 0 Å². The van der Waals surface area contributed by atoms with Gasteiger partial charge in [0.1, 0.15) is 18.1 Å². The molecule has 0 spiro atoms. The molecule has 38 heavy (non-hydrogen) atoms. The Hall–Kier alpha value is -3.97. The van der Waals surface area contributed by atoms with Gasteiger partial charge < -0.3 is 43.2 Å². The summed E-state index contributed by atoms with van der Waals surface area (Å²) in [5.74, 6) is -4.38. The number of nitrogens with one attached hydrogen (secondary N) is 4. The van der Waals surface area contributed by atoms with Gasteiger partial charge >= 0.3 is 5.97 Å². The molecule has 208 valence electrons. The van der Waals surface area contributed by atoms with Crippen LogP contribution in [0.2, 0.25) is 0 Å². The van der Waals surface area contributed by atoms with E-state index in [1.807, 2.05) is 24.3 Å². The molecular formula is C25H37N7O6. The highest BCUT2D eigenvalue weighted by Crippen LogP contribution is 2.19. The number of nitrogens with two attached hydrogens (primary N) is 3. The van der Waals surface area contributed by atoms with Crippen molar-refractivity contribution >= 4 is 40.5 Å². The molecule has 13 nitrogen and oxygen atoms in total. The number of amides is 4. The monoisotopic (exact) mass is 531 g/mol. The molecule has 0 saturated carbocycles. The molecule has 3 atom stereocenters. The van der Waals surface area contributed by atoms with E-state index in [1.165, 1.54) is 13.8 Å². The summed E-state index contributed by atoms with van der Waals surface area (Å²) in [5, 5.41) is 17.8. The molecule has 1 aromatic carbocycles. The van der Waals surface area contributed by atoms with E-state index in [0.29, 0.717) is 24.9 Å². The summed E-state index contributed by atoms with van der Waals surface area (Å²) in [4.78, 5) is 65.3. The molecule has 2 rings (SSSR count). The fraction of sp³-hybridized carbons (Fsp3) is 0.480. The number of hydrogen-bond donors (Lipinski definition) is 8. The van der Waals surface area contributed by atoms with Gasteiger partial charge in [-0.1, -0.05) is 18.2 Å². The van der Waals surface area contributed by atoms with E-state index in [4.69, 9.17) is 17.2 Å². The molecular weight excluding hydrogens is 494 g/mol. The first-order valence-corrected chi connectivity index (χ1v) is 12.3. The second kappa shape index (κ2) is 13.5. The Labute approximate surface area is 220 Å². The Morgan fingerprint density at radius 2 is 1.61 bits per heavy atom. The smallest absolute Gasteiger partial charge is 0.326 e. The lowest BCUT2D eigenvalue weighted by Crippen LogP contribution is -2.59. The van der Waals surface area contributed by atoms with Crippen molar-refractivity contribution in [3.63, 3.8) is 0 Å². The Morgan fingerprint density at radius 1 is 0.974 bits per heavy atom. The van der Waals surface area contributed by atoms with Crippen LogP contribution in [-0.4, -0.2) is 69.9 Å². The molecule has 1 heterocycles. The summed E-state index contributed by atoms with van der Waals surface area (Å²) in [7, 11) is 0. The number of primary amides is 1. The van der Waals surface area contributed by atoms with Crippen LogP contribution in [0, 0.1) is 0 Å². The number of H-pyrrole nitrogens is 1. The predicted molar refractivity (Wildman–Crippen MR) is 140 cm³/mol. The topological polar surface area (TPSA) is 236 Å². The Bertz CT molecular complexity index is 1160. The third-order valence-electron chi connectivity index (χ3n) is 5.91. The van der Waals surface area contributed by atoms with Gasteiger partial charge in [0.15, 0.2) is 0 Å². The molecule has 0 radical (unpaired) electrons. The number of carboxylic acid groups (broad SMARTS) is 1. The number of rotatable bonds is 15. The van der Waals surface area contributed by atoms with E-state index < -0.39 is 59.7 Å². The molecule has 4 amide bonds. The van der Waals surface area contributed by atoms with Gasteiger partial charge in [-0.3, -0.25) is 19.2 Å². The first kappa shape index (κ1) is 30.3. The number of hydrogen-bond acceptors (Lipinski definition) is 7. The maximum absolute atomic E-state index is 13.3. The fourth-order valence-corrected chi connectivity index (χ4v) is 3.78. The minimum Gasteiger partial charge on any atom is -0.480 e. The lowest BCUT2D eigenvalue weighted by atomic mass is 10.0. The van der Waals surface area contributed by atoms with Crippen LogP contribution in [0.25, 0.3) is 10.9 Å². The minimum absolute atomic E-state index is 0.00363. The molecule has 0 saturated heterocycles. The number of fused-ring (bicyclic) bond motifs is 1. The van der Waals surface area contributed by atoms with E-state index in [0.717, 1.165) is 10.9 Å². The molecule has 2 aromatic rings. The number of aromatic amines is 1. The molecule has 0 fully saturated rings. The van der Waals surface area contributed by atoms with Crippen LogP contribution in [0.5, 0.6) is 0 Å². The SMILES string of the molecule is CC(C)(N)C(=O)N[C@@H](CC(N)=O)C(=O)N[C@@H](Cc1c[nH]c2ccccc12)C(=O)N[C@@H](CCCCN)C(=O)O. The van der Waals surface area contributed by atoms with Gasteiger partial charge in [0.2, 0.25) is 23.6 Å². The minimum atomic E-state index is -1.40. The molecule has 0 unspecified atom stereocenters. The van der Waals surface area contributed by atoms with E-state index in [-0.39, 0.29) is 12.8 Å². The van der Waals surface area contributed by atoms with Crippen molar-refractivity contribution in [1.82, 2.24) is 20.9 Å². The van der Waals surface area contributed by atoms with Crippen molar-refractivity contribution in [2.45, 2.75) is 69.6 Å². The lowest BCUT2D eigenvalue weighted by molar-refractivity contribution is -0.142. The zero-order valence-electron chi connectivity index (χ0n) is 21.6. The summed E-state index contributed by atoms with van der Waals surface area (Å²) in [6.07, 6.45) is 2.36. The Kier molecular flexibility index (Phi) is 10.8. The molecule has 13 heteroatoms. The standard InChI is InChI=1S/C25H37N7O6/c1-25(2,28)24(38)32-19(12-20(27)33)22(35)31-18(11-14-13-29-16-8-4-3-7-15(14)16)21(34)30-17(23(36)37)9-5-6-10-26/h3-4,7-8,13,17-19,29H,5-6,9-12,26,28H2,1-2H3,(H2,27,33)(H,30,34)(H,31,35)(H,32,38)(H,36,37)/t17-,18-,19-/m0/s1. The average Bonchev–Trinajstić information content (AvgIpc) is 3.24. The van der Waals surface area contributed by atoms with Gasteiger partial charge in [-0.15, -0.1) is 0 Å². The molecule has 11 N–H and O–H groups in total. The largest absolute Gasteiger partial charge is 0.480 e. The van der Waals surface area contributed by atoms with Crippen LogP contribution in [0.3, 0.4) is 0 Å². The number of aliphatic carboxylic acids is 1. The van der Waals surface area contributed by atoms with Crippen LogP contribution >= 0.6 is 0 Å². The third-order valence-corrected chi connectivity index (χ3v) is 5.91. The quantitative estimate of drug-likeness (QED) is 0.132. The normalized spacial score (nSPS) is 13.8. The molecule has 0 aliphatic rings. The average molecular weight is 532 g/mol. The number of carboxylic acids is 1. The highest BCUT2D eigenvalue weighted by Gasteiger charge is 2.33. The van der Waals surface area contributed by atoms with Crippen molar-refractivity contribution in [1.29, 1.82) is 0 Å². The highest BCUT2D eigenvalue weighted by atomic mass is 16.4. The molecule has 0 aliphatic carbocycles. The van der Waals surface area contributed by atoms with Crippen LogP contribution in [0.15, 0.2) is 30.5 Å². The first-order valence-electron chi connectivity index (χ1n) is 12.3. The number of unbranched alkanes of at least 4 members (excludes halogenated alkanes) is 1. The highest BCUT2D eigenvalue weighted by molar-refractivity contribution is 5.97. The lowest BCUT2D eigenvalue weighted by Gasteiger charge is -2.26. The maximum Gasteiger partial charge on any atom is 0.326 e. The van der Waals surface area contributed by atoms with Crippen molar-refractivity contribution in [2.24, 2.45) is 17.2 Å². The van der Waals surface area contributed by atoms with Crippen molar-refractivity contribution < 1.29 is 29.1 Å². The number of benzene rings is 1. The van der Waals surface area contributed by atoms with Gasteiger partial charge in [0.25, 0.3) is 0 Å². The van der Waals surface area contributed by atoms with E-state index in [9.17, 15) is 29.1 Å². The zero-order chi connectivity index (χ0) is 28.5. The maximum atomic E-state index is 13.3. The first-order chi connectivity index (χ1) is 17.8. The predicted octanol–water partition coefficient (Wildman–Crippen LogP) is -1.01. The van der Waals surface area contributed by atoms with Crippen molar-refractivity contribution in [3.8, 4) is 0 Å². The van der Waals surface area contributed by atoms with Gasteiger partial charge in [-0.2, -0.15) is 0 Å². The summed E-state index contributed by atoms with van der Waals surface area (Å²) < 4.78 is 0. The van der Waals surface area contributed by atoms with Gasteiger partial charge in [0.05, 0.1) is 12.0 Å². The summed E-state index contributed by atoms with van der Waals surface area (Å²) >= 11 is 0. The summed E-state index contributed by atoms with van der Waals surface area (Å²) in [6.45, 7) is 3.23. The Balaban J connectivity index is 2.33. The molecule has 1 aromatic heterocycles. The number of carbonyl (C=O) groups is 5. The van der Waals surface area contributed by atoms with Crippen molar-refractivity contribution in [2.75, 3.05) is 6.54 Å². The van der Waals surface area contributed by atoms with Crippen LogP contribution in [-0.2, 0) is 30.4 Å². The van der Waals surface area contributed by atoms with Gasteiger partial charge in [-0.25, -0.2) is 4.79 Å². The fourth-order valence-electron chi connectivity index (χ4n) is 3.78. The number of carbonyl (C=O) groups excluding carboxylic acids is 4. The third kappa shape index (κ3) is 8.85. The number of aromatic nitrogens is 1. The number of para-hydroxylation sites is 1. The van der Waals surface area contributed by atoms with Gasteiger partial charge in [0, 0.05) is 23.5 Å². The van der Waals surface area contributed by atoms with Crippen LogP contribution < -0.4 is 33.2 Å².